The zero-order valence-corrected chi connectivity index (χ0v) is 14.9. The number of rotatable bonds is 7. The Labute approximate surface area is 156 Å². The molecule has 1 aliphatic carbocycles. The molecule has 0 radical (unpaired) electrons. The summed E-state index contributed by atoms with van der Waals surface area (Å²) < 4.78 is 37.5. The molecule has 0 saturated heterocycles. The lowest BCUT2D eigenvalue weighted by atomic mass is 10.3. The highest BCUT2D eigenvalue weighted by molar-refractivity contribution is 8.01. The topological polar surface area (TPSA) is 68.2 Å². The van der Waals surface area contributed by atoms with Crippen LogP contribution in [0.4, 0.5) is 14.5 Å². The molecule has 0 unspecified atom stereocenters. The molecule has 3 aromatic rings. The Kier molecular flexibility index (Phi) is 4.82. The zero-order chi connectivity index (χ0) is 18.1. The largest absolute Gasteiger partial charge is 0.446 e. The van der Waals surface area contributed by atoms with Crippen LogP contribution in [0.1, 0.15) is 31.0 Å². The average molecular weight is 399 g/mol. The number of halogens is 3. The molecular formula is C16H13ClF2N4O2S. The summed E-state index contributed by atoms with van der Waals surface area (Å²) >= 11 is 7.80. The van der Waals surface area contributed by atoms with Crippen LogP contribution in [0.5, 0.6) is 0 Å². The molecule has 0 amide bonds. The van der Waals surface area contributed by atoms with Crippen LogP contribution >= 0.6 is 23.5 Å². The Morgan fingerprint density at radius 1 is 1.31 bits per heavy atom. The Morgan fingerprint density at radius 2 is 2.15 bits per heavy atom. The van der Waals surface area contributed by atoms with E-state index < -0.39 is 12.3 Å². The van der Waals surface area contributed by atoms with Gasteiger partial charge in [-0.2, -0.15) is 8.78 Å². The fourth-order valence-corrected chi connectivity index (χ4v) is 3.52. The van der Waals surface area contributed by atoms with E-state index in [4.69, 9.17) is 20.4 Å². The first kappa shape index (κ1) is 17.3. The van der Waals surface area contributed by atoms with Crippen LogP contribution in [-0.2, 0) is 6.54 Å². The normalized spacial score (nSPS) is 14.2. The number of benzene rings is 1. The number of nitrogens with zero attached hydrogens (tertiary/aromatic N) is 4. The summed E-state index contributed by atoms with van der Waals surface area (Å²) in [5.41, 5.74) is 1.16. The van der Waals surface area contributed by atoms with Crippen LogP contribution in [0.2, 0.25) is 5.02 Å². The van der Waals surface area contributed by atoms with Gasteiger partial charge >= 0.3 is 6.43 Å². The van der Waals surface area contributed by atoms with Crippen LogP contribution in [0.25, 0.3) is 11.6 Å². The smallest absolute Gasteiger partial charge is 0.314 e. The van der Waals surface area contributed by atoms with E-state index in [2.05, 4.69) is 19.5 Å². The second-order valence-electron chi connectivity index (χ2n) is 5.69. The lowest BCUT2D eigenvalue weighted by molar-refractivity contribution is 0.116. The van der Waals surface area contributed by atoms with Crippen molar-refractivity contribution in [2.75, 3.05) is 4.31 Å². The fourth-order valence-electron chi connectivity index (χ4n) is 2.20. The van der Waals surface area contributed by atoms with Gasteiger partial charge in [0.2, 0.25) is 5.89 Å². The van der Waals surface area contributed by atoms with Crippen molar-refractivity contribution in [3.63, 3.8) is 0 Å². The molecule has 2 aromatic heterocycles. The van der Waals surface area contributed by atoms with Crippen LogP contribution in [-0.4, -0.2) is 20.4 Å². The van der Waals surface area contributed by atoms with Gasteiger partial charge in [-0.05, 0) is 43.0 Å². The minimum Gasteiger partial charge on any atom is -0.446 e. The van der Waals surface area contributed by atoms with Gasteiger partial charge < -0.3 is 13.1 Å². The van der Waals surface area contributed by atoms with E-state index in [-0.39, 0.29) is 11.6 Å². The number of aromatic nitrogens is 3. The molecule has 1 aromatic carbocycles. The van der Waals surface area contributed by atoms with Crippen molar-refractivity contribution in [3.05, 3.63) is 47.3 Å². The molecule has 136 valence electrons. The number of hydrogen-bond donors (Lipinski definition) is 0. The molecular weight excluding hydrogens is 386 g/mol. The van der Waals surface area contributed by atoms with Crippen LogP contribution in [0, 0.1) is 0 Å². The minimum atomic E-state index is -2.82. The number of oxazole rings is 1. The number of hydrogen-bond acceptors (Lipinski definition) is 7. The number of anilines is 1. The molecule has 1 aliphatic rings. The van der Waals surface area contributed by atoms with E-state index in [1.54, 1.807) is 11.9 Å². The first-order valence-electron chi connectivity index (χ1n) is 7.84. The first-order valence-corrected chi connectivity index (χ1v) is 9.06. The molecule has 1 saturated carbocycles. The Hall–Kier alpha value is -2.13. The van der Waals surface area contributed by atoms with Gasteiger partial charge in [0.25, 0.3) is 11.8 Å². The van der Waals surface area contributed by atoms with Crippen molar-refractivity contribution in [2.24, 2.45) is 0 Å². The third-order valence-electron chi connectivity index (χ3n) is 3.57. The van der Waals surface area contributed by atoms with Crippen LogP contribution in [0.3, 0.4) is 0 Å². The van der Waals surface area contributed by atoms with E-state index in [0.29, 0.717) is 22.7 Å². The summed E-state index contributed by atoms with van der Waals surface area (Å²) in [7, 11) is 0. The summed E-state index contributed by atoms with van der Waals surface area (Å²) in [5.74, 6) is -0.432. The predicted octanol–water partition coefficient (Wildman–Crippen LogP) is 5.13. The monoisotopic (exact) mass is 398 g/mol. The fraction of sp³-hybridized carbons (Fsp3) is 0.312. The minimum absolute atomic E-state index is 0.0977. The van der Waals surface area contributed by atoms with Gasteiger partial charge in [0.15, 0.2) is 5.69 Å². The van der Waals surface area contributed by atoms with Gasteiger partial charge in [-0.1, -0.05) is 17.7 Å². The zero-order valence-electron chi connectivity index (χ0n) is 13.3. The van der Waals surface area contributed by atoms with Crippen LogP contribution in [0.15, 0.2) is 39.4 Å². The van der Waals surface area contributed by atoms with Crippen molar-refractivity contribution in [2.45, 2.75) is 31.1 Å². The summed E-state index contributed by atoms with van der Waals surface area (Å²) in [4.78, 5) is 4.27. The quantitative estimate of drug-likeness (QED) is 0.511. The highest BCUT2D eigenvalue weighted by atomic mass is 35.5. The average Bonchev–Trinajstić information content (AvgIpc) is 3.10. The van der Waals surface area contributed by atoms with E-state index >= 15 is 0 Å². The van der Waals surface area contributed by atoms with Gasteiger partial charge in [-0.25, -0.2) is 4.98 Å². The molecule has 6 nitrogen and oxygen atoms in total. The summed E-state index contributed by atoms with van der Waals surface area (Å²) in [6.45, 7) is 0.386. The van der Waals surface area contributed by atoms with Gasteiger partial charge in [-0.15, -0.1) is 10.2 Å². The highest BCUT2D eigenvalue weighted by Crippen LogP contribution is 2.40. The molecule has 0 spiro atoms. The molecule has 4 rings (SSSR count). The van der Waals surface area contributed by atoms with E-state index in [0.717, 1.165) is 18.5 Å². The molecule has 0 aliphatic heterocycles. The first-order chi connectivity index (χ1) is 12.6. The van der Waals surface area contributed by atoms with Gasteiger partial charge in [0.05, 0.1) is 0 Å². The molecule has 0 bridgehead atoms. The lowest BCUT2D eigenvalue weighted by Gasteiger charge is -2.21. The van der Waals surface area contributed by atoms with Crippen molar-refractivity contribution in [3.8, 4) is 11.6 Å². The molecule has 1 fully saturated rings. The van der Waals surface area contributed by atoms with Crippen molar-refractivity contribution in [1.82, 2.24) is 15.2 Å². The number of alkyl halides is 2. The molecule has 2 heterocycles. The summed E-state index contributed by atoms with van der Waals surface area (Å²) in [6.07, 6.45) is 0.820. The van der Waals surface area contributed by atoms with Gasteiger partial charge in [0.1, 0.15) is 12.8 Å². The second-order valence-corrected chi connectivity index (χ2v) is 7.45. The van der Waals surface area contributed by atoms with E-state index in [1.807, 2.05) is 24.3 Å². The molecule has 0 N–H and O–H groups in total. The van der Waals surface area contributed by atoms with Crippen LogP contribution < -0.4 is 4.31 Å². The van der Waals surface area contributed by atoms with E-state index in [1.165, 1.54) is 6.26 Å². The van der Waals surface area contributed by atoms with Gasteiger partial charge in [-0.3, -0.25) is 0 Å². The maximum Gasteiger partial charge on any atom is 0.314 e. The SMILES string of the molecule is FC(F)c1nnc(-c2coc(CN(SC3CC3)c3cccc(Cl)c3)n2)o1. The summed E-state index contributed by atoms with van der Waals surface area (Å²) in [6, 6.07) is 7.51. The Balaban J connectivity index is 1.53. The molecule has 10 heteroatoms. The highest BCUT2D eigenvalue weighted by Gasteiger charge is 2.27. The predicted molar refractivity (Wildman–Crippen MR) is 93.0 cm³/mol. The Bertz CT molecular complexity index is 900. The van der Waals surface area contributed by atoms with E-state index in [9.17, 15) is 8.78 Å². The van der Waals surface area contributed by atoms with Gasteiger partial charge in [0, 0.05) is 16.0 Å². The lowest BCUT2D eigenvalue weighted by Crippen LogP contribution is -2.15. The maximum absolute atomic E-state index is 12.6. The van der Waals surface area contributed by atoms with Crippen molar-refractivity contribution >= 4 is 29.2 Å². The maximum atomic E-state index is 12.6. The third kappa shape index (κ3) is 3.99. The molecule has 0 atom stereocenters. The third-order valence-corrected chi connectivity index (χ3v) is 5.17. The Morgan fingerprint density at radius 3 is 2.85 bits per heavy atom. The standard InChI is InChI=1S/C16H13ClF2N4O2S/c17-9-2-1-3-10(6-9)23(26-11-4-5-11)7-13-20-12(8-24-13)15-21-22-16(25-15)14(18)19/h1-3,6,8,11,14H,4-5,7H2. The second kappa shape index (κ2) is 7.24. The molecule has 26 heavy (non-hydrogen) atoms. The van der Waals surface area contributed by atoms with Crippen molar-refractivity contribution in [1.29, 1.82) is 0 Å². The summed E-state index contributed by atoms with van der Waals surface area (Å²) in [5, 5.41) is 8.07. The van der Waals surface area contributed by atoms with Crippen molar-refractivity contribution < 1.29 is 17.6 Å².